The van der Waals surface area contributed by atoms with Crippen molar-refractivity contribution in [2.75, 3.05) is 129 Å². The smallest absolute Gasteiger partial charge is 0.273 e. The monoisotopic (exact) mass is 1130 g/mol. The minimum Gasteiger partial charge on any atom is -0.462 e. The fourth-order valence-electron chi connectivity index (χ4n) is 9.82. The highest BCUT2D eigenvalue weighted by molar-refractivity contribution is 5.96. The van der Waals surface area contributed by atoms with E-state index in [4.69, 9.17) is 18.9 Å². The molecule has 12 N–H and O–H groups in total. The van der Waals surface area contributed by atoms with Gasteiger partial charge in [0.25, 0.3) is 34.0 Å². The number of benzene rings is 2. The number of hydrogen-bond donors (Lipinski definition) is 12. The Labute approximate surface area is 458 Å². The number of nitrogens with one attached hydrogen (secondary N) is 4. The molecule has 442 valence electrons. The fourth-order valence-corrected chi connectivity index (χ4v) is 9.82. The van der Waals surface area contributed by atoms with Crippen LogP contribution in [0.1, 0.15) is 46.4 Å². The van der Waals surface area contributed by atoms with Gasteiger partial charge in [-0.3, -0.25) is 39.4 Å². The summed E-state index contributed by atoms with van der Waals surface area (Å²) in [5.41, 5.74) is -1.58. The normalized spacial score (nSPS) is 26.1. The molecule has 3 aromatic carbocycles. The van der Waals surface area contributed by atoms with Gasteiger partial charge in [-0.1, -0.05) is 0 Å². The van der Waals surface area contributed by atoms with Gasteiger partial charge in [0.2, 0.25) is 12.6 Å². The van der Waals surface area contributed by atoms with Crippen molar-refractivity contribution in [3.05, 3.63) is 88.2 Å². The number of rotatable bonds is 28. The Morgan fingerprint density at radius 2 is 0.838 bits per heavy atom. The van der Waals surface area contributed by atoms with Crippen molar-refractivity contribution in [3.8, 4) is 11.5 Å². The van der Waals surface area contributed by atoms with Crippen LogP contribution in [0.25, 0.3) is 0 Å². The lowest BCUT2D eigenvalue weighted by atomic mass is 9.99. The van der Waals surface area contributed by atoms with Crippen LogP contribution >= 0.6 is 0 Å². The fraction of sp³-hybridized carbons (Fsp3) is 0.640. The Morgan fingerprint density at radius 1 is 0.512 bits per heavy atom. The molecule has 4 aliphatic heterocycles. The summed E-state index contributed by atoms with van der Waals surface area (Å²) in [4.78, 5) is 81.9. The predicted molar refractivity (Wildman–Crippen MR) is 282 cm³/mol. The number of carbonyl (C=O) groups is 2. The predicted octanol–water partition coefficient (Wildman–Crippen LogP) is -4.06. The summed E-state index contributed by atoms with van der Waals surface area (Å²) >= 11 is 0. The van der Waals surface area contributed by atoms with Crippen molar-refractivity contribution in [1.82, 2.24) is 30.2 Å². The number of nitro groups is 2. The Balaban J connectivity index is 0.723. The topological polar surface area (TPSA) is 414 Å². The summed E-state index contributed by atoms with van der Waals surface area (Å²) in [5, 5.41) is 115. The van der Waals surface area contributed by atoms with Gasteiger partial charge in [-0.25, -0.2) is 0 Å². The minimum atomic E-state index is -1.75. The Kier molecular flexibility index (Phi) is 22.3. The number of nitrogens with zero attached hydrogens (tertiary/aromatic N) is 6. The molecule has 4 heterocycles. The third kappa shape index (κ3) is 16.1. The van der Waals surface area contributed by atoms with Gasteiger partial charge in [0.05, 0.1) is 35.2 Å². The summed E-state index contributed by atoms with van der Waals surface area (Å²) in [6.45, 7) is 9.57. The summed E-state index contributed by atoms with van der Waals surface area (Å²) in [6, 6.07) is 6.63. The van der Waals surface area contributed by atoms with Crippen molar-refractivity contribution in [3.63, 3.8) is 0 Å². The Morgan fingerprint density at radius 3 is 1.15 bits per heavy atom. The van der Waals surface area contributed by atoms with Crippen LogP contribution in [-0.4, -0.2) is 261 Å². The van der Waals surface area contributed by atoms with Gasteiger partial charge >= 0.3 is 0 Å². The average molecular weight is 1130 g/mol. The first-order chi connectivity index (χ1) is 38.3. The molecule has 10 atom stereocenters. The standard InChI is InChI=1S/C50H72N10O20/c61-27-35-39(63)43(67)45(69)49(79-35)77-33-23-29(21-31(25-33)59(73)74)47(71)53-7-3-11-57-17-13-55(14-18-57)9-1-5-51-37-38(42(66)41(37)65)52-6-2-10-56-15-19-58(20-16-56)12-4-8-54-48(72)30-22-32(60(75)76)26-34(24-30)78-50-46(70)44(68)40(64)36(28-62)80-50/h21-26,35-36,39-40,43-46,49-52,61-64,67-70H,1-20,27-28H2,(H,53,71)(H,54,72). The molecule has 4 fully saturated rings. The molecule has 4 aliphatic rings. The zero-order valence-corrected chi connectivity index (χ0v) is 44.0. The van der Waals surface area contributed by atoms with E-state index in [0.29, 0.717) is 50.4 Å². The number of anilines is 2. The first-order valence-corrected chi connectivity index (χ1v) is 26.7. The van der Waals surface area contributed by atoms with Crippen molar-refractivity contribution in [1.29, 1.82) is 0 Å². The van der Waals surface area contributed by atoms with Crippen LogP contribution in [0.5, 0.6) is 11.5 Å². The van der Waals surface area contributed by atoms with Crippen molar-refractivity contribution in [2.24, 2.45) is 0 Å². The number of carbonyl (C=O) groups excluding carboxylic acids is 2. The number of piperazine rings is 2. The molecule has 4 saturated heterocycles. The molecule has 7 rings (SSSR count). The van der Waals surface area contributed by atoms with Crippen LogP contribution in [0.15, 0.2) is 46.0 Å². The molecule has 30 heteroatoms. The van der Waals surface area contributed by atoms with E-state index in [1.165, 1.54) is 12.1 Å². The second-order valence-electron chi connectivity index (χ2n) is 20.1. The van der Waals surface area contributed by atoms with Gasteiger partial charge in [-0.05, 0) is 64.0 Å². The summed E-state index contributed by atoms with van der Waals surface area (Å²) < 4.78 is 21.7. The molecule has 30 nitrogen and oxygen atoms in total. The molecule has 0 bridgehead atoms. The molecule has 0 spiro atoms. The van der Waals surface area contributed by atoms with Crippen LogP contribution in [0.4, 0.5) is 22.7 Å². The summed E-state index contributed by atoms with van der Waals surface area (Å²) in [5.74, 6) is -1.61. The minimum absolute atomic E-state index is 0.0854. The number of aliphatic hydroxyl groups excluding tert-OH is 8. The van der Waals surface area contributed by atoms with Crippen LogP contribution in [0.3, 0.4) is 0 Å². The third-order valence-electron chi connectivity index (χ3n) is 14.5. The van der Waals surface area contributed by atoms with Gasteiger partial charge in [0.15, 0.2) is 0 Å². The number of hydrogen-bond acceptors (Lipinski definition) is 26. The summed E-state index contributed by atoms with van der Waals surface area (Å²) in [7, 11) is 0. The average Bonchev–Trinajstić information content (AvgIpc) is 3.49. The lowest BCUT2D eigenvalue weighted by Crippen LogP contribution is -2.60. The first-order valence-electron chi connectivity index (χ1n) is 26.7. The highest BCUT2D eigenvalue weighted by atomic mass is 16.7. The second kappa shape index (κ2) is 29.0. The lowest BCUT2D eigenvalue weighted by Gasteiger charge is -2.39. The zero-order chi connectivity index (χ0) is 57.6. The second-order valence-corrected chi connectivity index (χ2v) is 20.1. The Bertz CT molecular complexity index is 2450. The number of non-ortho nitro benzene ring substituents is 2. The van der Waals surface area contributed by atoms with Crippen LogP contribution in [0.2, 0.25) is 0 Å². The molecule has 80 heavy (non-hydrogen) atoms. The van der Waals surface area contributed by atoms with E-state index < -0.39 is 119 Å². The van der Waals surface area contributed by atoms with Gasteiger partial charge in [0, 0.05) is 102 Å². The number of nitro benzene ring substituents is 2. The van der Waals surface area contributed by atoms with Crippen LogP contribution in [0, 0.1) is 20.2 Å². The van der Waals surface area contributed by atoms with Gasteiger partial charge in [-0.2, -0.15) is 0 Å². The van der Waals surface area contributed by atoms with E-state index in [0.717, 1.165) is 103 Å². The number of ether oxygens (including phenoxy) is 4. The van der Waals surface area contributed by atoms with Gasteiger partial charge < -0.3 is 101 Å². The number of amides is 2. The van der Waals surface area contributed by atoms with E-state index >= 15 is 0 Å². The van der Waals surface area contributed by atoms with Crippen molar-refractivity contribution >= 4 is 34.6 Å². The molecule has 2 amide bonds. The molecule has 0 radical (unpaired) electrons. The van der Waals surface area contributed by atoms with E-state index in [2.05, 4.69) is 40.9 Å². The maximum atomic E-state index is 13.0. The quantitative estimate of drug-likeness (QED) is 0.0142. The molecule has 3 aromatic rings. The highest BCUT2D eigenvalue weighted by Gasteiger charge is 2.46. The van der Waals surface area contributed by atoms with Crippen molar-refractivity contribution in [2.45, 2.75) is 87.1 Å². The first kappa shape index (κ1) is 61.5. The maximum Gasteiger partial charge on any atom is 0.273 e. The lowest BCUT2D eigenvalue weighted by molar-refractivity contribution is -0.385. The Hall–Kier alpha value is -6.10. The van der Waals surface area contributed by atoms with Crippen LogP contribution < -0.4 is 41.6 Å². The number of aliphatic hydroxyl groups is 8. The van der Waals surface area contributed by atoms with Crippen molar-refractivity contribution < 1.29 is 79.2 Å². The molecule has 10 unspecified atom stereocenters. The maximum absolute atomic E-state index is 13.0. The SMILES string of the molecule is O=C(NCCCN1CCN(CCCNc2c(NCCCN3CCN(CCCNC(=O)c4cc(OC5OC(CO)C(O)C(O)C5O)cc([N+](=O)[O-])c4)CC3)c(=O)c2=O)CC1)c1cc(OC2OC(CO)C(O)C(O)C2O)cc([N+](=O)[O-])c1. The molecule has 0 saturated carbocycles. The van der Waals surface area contributed by atoms with E-state index in [9.17, 15) is 80.3 Å². The van der Waals surface area contributed by atoms with E-state index in [1.54, 1.807) is 0 Å². The molecular formula is C50H72N10O20. The molecular weight excluding hydrogens is 1060 g/mol. The van der Waals surface area contributed by atoms with E-state index in [-0.39, 0.29) is 35.7 Å². The summed E-state index contributed by atoms with van der Waals surface area (Å²) in [6.07, 6.45) is -13.3. The largest absolute Gasteiger partial charge is 0.462 e. The molecule has 0 aliphatic carbocycles. The van der Waals surface area contributed by atoms with Gasteiger partial charge in [0.1, 0.15) is 71.7 Å². The highest BCUT2D eigenvalue weighted by Crippen LogP contribution is 2.30. The third-order valence-corrected chi connectivity index (χ3v) is 14.5. The van der Waals surface area contributed by atoms with Gasteiger partial charge in [-0.15, -0.1) is 0 Å². The molecule has 0 aromatic heterocycles. The van der Waals surface area contributed by atoms with E-state index in [1.807, 2.05) is 0 Å². The van der Waals surface area contributed by atoms with Crippen LogP contribution in [-0.2, 0) is 9.47 Å². The zero-order valence-electron chi connectivity index (χ0n) is 44.0.